The third-order valence-corrected chi connectivity index (χ3v) is 4.08. The minimum Gasteiger partial charge on any atom is -0.349 e. The fourth-order valence-electron chi connectivity index (χ4n) is 2.45. The summed E-state index contributed by atoms with van der Waals surface area (Å²) in [5, 5.41) is 2.64. The summed E-state index contributed by atoms with van der Waals surface area (Å²) in [6.45, 7) is 2.75. The van der Waals surface area contributed by atoms with Gasteiger partial charge in [0.05, 0.1) is 6.61 Å². The molecule has 2 aromatic carbocycles. The number of amides is 1. The van der Waals surface area contributed by atoms with E-state index in [9.17, 15) is 18.0 Å². The Morgan fingerprint density at radius 1 is 1.12 bits per heavy atom. The van der Waals surface area contributed by atoms with E-state index in [0.29, 0.717) is 10.6 Å². The highest BCUT2D eigenvalue weighted by Crippen LogP contribution is 2.42. The van der Waals surface area contributed by atoms with Crippen LogP contribution in [0.1, 0.15) is 11.1 Å². The van der Waals surface area contributed by atoms with Crippen molar-refractivity contribution in [1.29, 1.82) is 0 Å². The van der Waals surface area contributed by atoms with Crippen LogP contribution < -0.4 is 5.32 Å². The molecule has 0 saturated heterocycles. The van der Waals surface area contributed by atoms with Crippen molar-refractivity contribution in [3.8, 4) is 0 Å². The standard InChI is InChI=1S/C19H17ClF3NO2/c1-2-12-26-18(19(21,22)23,15-9-4-3-5-10-15)17(25)24-13-14-8-6-7-11-16(14)20/h2-11H,1,12-13H2,(H,24,25). The lowest BCUT2D eigenvalue weighted by Crippen LogP contribution is -2.56. The molecule has 0 heterocycles. The first-order valence-electron chi connectivity index (χ1n) is 7.71. The number of carbonyl (C=O) groups excluding carboxylic acids is 1. The maximum Gasteiger partial charge on any atom is 0.430 e. The van der Waals surface area contributed by atoms with Crippen LogP contribution in [0.25, 0.3) is 0 Å². The molecule has 0 radical (unpaired) electrons. The van der Waals surface area contributed by atoms with Crippen LogP contribution in [0, 0.1) is 0 Å². The Bertz CT molecular complexity index is 765. The number of ether oxygens (including phenoxy) is 1. The highest BCUT2D eigenvalue weighted by Gasteiger charge is 2.63. The zero-order valence-electron chi connectivity index (χ0n) is 13.7. The summed E-state index contributed by atoms with van der Waals surface area (Å²) < 4.78 is 47.0. The Morgan fingerprint density at radius 3 is 2.31 bits per heavy atom. The van der Waals surface area contributed by atoms with Crippen LogP contribution in [0.4, 0.5) is 13.2 Å². The van der Waals surface area contributed by atoms with E-state index < -0.39 is 24.3 Å². The second-order valence-electron chi connectivity index (χ2n) is 5.42. The highest BCUT2D eigenvalue weighted by molar-refractivity contribution is 6.31. The van der Waals surface area contributed by atoms with Crippen LogP contribution in [0.5, 0.6) is 0 Å². The van der Waals surface area contributed by atoms with Crippen LogP contribution in [0.2, 0.25) is 5.02 Å². The first-order chi connectivity index (χ1) is 12.3. The van der Waals surface area contributed by atoms with E-state index in [1.807, 2.05) is 0 Å². The predicted molar refractivity (Wildman–Crippen MR) is 93.6 cm³/mol. The van der Waals surface area contributed by atoms with E-state index >= 15 is 0 Å². The molecule has 138 valence electrons. The van der Waals surface area contributed by atoms with Gasteiger partial charge in [-0.1, -0.05) is 66.2 Å². The van der Waals surface area contributed by atoms with Gasteiger partial charge in [-0.25, -0.2) is 0 Å². The number of nitrogens with one attached hydrogen (secondary N) is 1. The number of carbonyl (C=O) groups is 1. The summed E-state index contributed by atoms with van der Waals surface area (Å²) in [5.41, 5.74) is -2.97. The van der Waals surface area contributed by atoms with Gasteiger partial charge in [-0.2, -0.15) is 13.2 Å². The van der Waals surface area contributed by atoms with Gasteiger partial charge in [0.1, 0.15) is 0 Å². The van der Waals surface area contributed by atoms with Crippen LogP contribution in [0.15, 0.2) is 67.3 Å². The molecule has 26 heavy (non-hydrogen) atoms. The van der Waals surface area contributed by atoms with Crippen molar-refractivity contribution in [3.05, 3.63) is 83.4 Å². The average Bonchev–Trinajstić information content (AvgIpc) is 2.61. The van der Waals surface area contributed by atoms with Crippen LogP contribution in [-0.2, 0) is 21.7 Å². The molecule has 2 aromatic rings. The van der Waals surface area contributed by atoms with E-state index in [4.69, 9.17) is 16.3 Å². The SMILES string of the molecule is C=CCOC(C(=O)NCc1ccccc1Cl)(c1ccccc1)C(F)(F)F. The van der Waals surface area contributed by atoms with Crippen molar-refractivity contribution in [2.75, 3.05) is 6.61 Å². The molecule has 0 aromatic heterocycles. The van der Waals surface area contributed by atoms with Crippen molar-refractivity contribution in [3.63, 3.8) is 0 Å². The van der Waals surface area contributed by atoms with Crippen LogP contribution in [-0.4, -0.2) is 18.7 Å². The van der Waals surface area contributed by atoms with E-state index in [0.717, 1.165) is 6.08 Å². The lowest BCUT2D eigenvalue weighted by atomic mass is 9.91. The van der Waals surface area contributed by atoms with Gasteiger partial charge in [-0.15, -0.1) is 6.58 Å². The Hall–Kier alpha value is -2.31. The minimum absolute atomic E-state index is 0.166. The van der Waals surface area contributed by atoms with E-state index in [1.165, 1.54) is 24.3 Å². The molecule has 1 atom stereocenters. The van der Waals surface area contributed by atoms with Gasteiger partial charge >= 0.3 is 6.18 Å². The second kappa shape index (κ2) is 8.38. The minimum atomic E-state index is -4.98. The third kappa shape index (κ3) is 4.08. The van der Waals surface area contributed by atoms with Gasteiger partial charge in [0.2, 0.25) is 0 Å². The molecule has 3 nitrogen and oxygen atoms in total. The average molecular weight is 384 g/mol. The number of rotatable bonds is 7. The second-order valence-corrected chi connectivity index (χ2v) is 5.83. The third-order valence-electron chi connectivity index (χ3n) is 3.71. The number of halogens is 4. The van der Waals surface area contributed by atoms with Crippen LogP contribution >= 0.6 is 11.6 Å². The molecular formula is C19H17ClF3NO2. The molecule has 0 aliphatic heterocycles. The summed E-state index contributed by atoms with van der Waals surface area (Å²) in [7, 11) is 0. The van der Waals surface area contributed by atoms with Gasteiger partial charge in [-0.05, 0) is 11.6 Å². The molecule has 2 rings (SSSR count). The summed E-state index contributed by atoms with van der Waals surface area (Å²) >= 11 is 5.99. The number of hydrogen-bond donors (Lipinski definition) is 1. The predicted octanol–water partition coefficient (Wildman–Crippen LogP) is 4.62. The highest BCUT2D eigenvalue weighted by atomic mass is 35.5. The van der Waals surface area contributed by atoms with Gasteiger partial charge in [0.15, 0.2) is 0 Å². The van der Waals surface area contributed by atoms with Crippen molar-refractivity contribution >= 4 is 17.5 Å². The van der Waals surface area contributed by atoms with E-state index in [2.05, 4.69) is 11.9 Å². The van der Waals surface area contributed by atoms with Gasteiger partial charge in [0, 0.05) is 17.1 Å². The molecule has 0 aliphatic carbocycles. The summed E-state index contributed by atoms with van der Waals surface area (Å²) in [6.07, 6.45) is -3.83. The molecule has 1 amide bonds. The van der Waals surface area contributed by atoms with Crippen LogP contribution in [0.3, 0.4) is 0 Å². The molecule has 0 spiro atoms. The number of hydrogen-bond acceptors (Lipinski definition) is 2. The van der Waals surface area contributed by atoms with Gasteiger partial charge in [-0.3, -0.25) is 4.79 Å². The summed E-state index contributed by atoms with van der Waals surface area (Å²) in [5.74, 6) is -1.32. The Balaban J connectivity index is 2.40. The molecule has 1 unspecified atom stereocenters. The number of alkyl halides is 3. The monoisotopic (exact) mass is 383 g/mol. The molecule has 7 heteroatoms. The molecule has 0 saturated carbocycles. The maximum atomic E-state index is 14.0. The lowest BCUT2D eigenvalue weighted by Gasteiger charge is -2.34. The van der Waals surface area contributed by atoms with Gasteiger partial charge in [0.25, 0.3) is 11.5 Å². The Kier molecular flexibility index (Phi) is 6.45. The Labute approximate surface area is 154 Å². The smallest absolute Gasteiger partial charge is 0.349 e. The summed E-state index contributed by atoms with van der Waals surface area (Å²) in [4.78, 5) is 12.7. The number of benzene rings is 2. The zero-order valence-corrected chi connectivity index (χ0v) is 14.5. The quantitative estimate of drug-likeness (QED) is 0.709. The van der Waals surface area contributed by atoms with Crippen molar-refractivity contribution < 1.29 is 22.7 Å². The van der Waals surface area contributed by atoms with Crippen molar-refractivity contribution in [2.24, 2.45) is 0 Å². The first kappa shape index (κ1) is 20.0. The zero-order chi connectivity index (χ0) is 19.2. The molecule has 0 fully saturated rings. The maximum absolute atomic E-state index is 14.0. The molecule has 1 N–H and O–H groups in total. The van der Waals surface area contributed by atoms with E-state index in [-0.39, 0.29) is 12.1 Å². The lowest BCUT2D eigenvalue weighted by molar-refractivity contribution is -0.270. The molecule has 0 bridgehead atoms. The topological polar surface area (TPSA) is 38.3 Å². The molecule has 0 aliphatic rings. The summed E-state index contributed by atoms with van der Waals surface area (Å²) in [6, 6.07) is 13.3. The first-order valence-corrected chi connectivity index (χ1v) is 8.09. The normalized spacial score (nSPS) is 13.7. The Morgan fingerprint density at radius 2 is 1.73 bits per heavy atom. The fraction of sp³-hybridized carbons (Fsp3) is 0.211. The van der Waals surface area contributed by atoms with Gasteiger partial charge < -0.3 is 10.1 Å². The largest absolute Gasteiger partial charge is 0.430 e. The fourth-order valence-corrected chi connectivity index (χ4v) is 2.66. The van der Waals surface area contributed by atoms with E-state index in [1.54, 1.807) is 30.3 Å². The van der Waals surface area contributed by atoms with Crippen molar-refractivity contribution in [2.45, 2.75) is 18.3 Å². The van der Waals surface area contributed by atoms with Crippen molar-refractivity contribution in [1.82, 2.24) is 5.32 Å². The molecular weight excluding hydrogens is 367 g/mol.